The summed E-state index contributed by atoms with van der Waals surface area (Å²) in [5.41, 5.74) is 1.23. The normalized spacial score (nSPS) is 11.8. The highest BCUT2D eigenvalue weighted by atomic mass is 32.2. The number of ether oxygens (including phenoxy) is 1. The van der Waals surface area contributed by atoms with Crippen molar-refractivity contribution in [1.82, 2.24) is 4.72 Å². The van der Waals surface area contributed by atoms with Crippen LogP contribution in [-0.4, -0.2) is 33.8 Å². The Morgan fingerprint density at radius 3 is 2.65 bits per heavy atom. The number of hydrogen-bond acceptors (Lipinski definition) is 4. The van der Waals surface area contributed by atoms with Gasteiger partial charge in [0.05, 0.1) is 11.5 Å². The van der Waals surface area contributed by atoms with Gasteiger partial charge in [-0.1, -0.05) is 12.1 Å². The Labute approximate surface area is 121 Å². The fraction of sp³-hybridized carbons (Fsp3) is 0.571. The van der Waals surface area contributed by atoms with Gasteiger partial charge in [-0.3, -0.25) is 0 Å². The van der Waals surface area contributed by atoms with Crippen LogP contribution in [0.4, 0.5) is 0 Å². The fourth-order valence-electron chi connectivity index (χ4n) is 1.95. The Balaban J connectivity index is 2.61. The number of aliphatic hydroxyl groups excluding tert-OH is 1. The van der Waals surface area contributed by atoms with E-state index in [1.54, 1.807) is 32.2 Å². The largest absolute Gasteiger partial charge is 0.392 e. The van der Waals surface area contributed by atoms with Crippen LogP contribution in [0.15, 0.2) is 23.1 Å². The van der Waals surface area contributed by atoms with Crippen molar-refractivity contribution in [2.45, 2.75) is 37.7 Å². The SMILES string of the molecule is COCCCCCNS(=O)(=O)c1cccc(CO)c1C. The maximum absolute atomic E-state index is 12.2. The number of aliphatic hydroxyl groups is 1. The first-order valence-corrected chi connectivity index (χ1v) is 8.19. The number of nitrogens with one attached hydrogen (secondary N) is 1. The summed E-state index contributed by atoms with van der Waals surface area (Å²) in [7, 11) is -1.86. The molecule has 20 heavy (non-hydrogen) atoms. The molecule has 0 bridgehead atoms. The van der Waals surface area contributed by atoms with E-state index in [1.807, 2.05) is 0 Å². The minimum Gasteiger partial charge on any atom is -0.392 e. The second-order valence-corrected chi connectivity index (χ2v) is 6.38. The van der Waals surface area contributed by atoms with Crippen LogP contribution in [0, 0.1) is 6.92 Å². The van der Waals surface area contributed by atoms with Gasteiger partial charge in [0.25, 0.3) is 0 Å². The van der Waals surface area contributed by atoms with E-state index in [0.717, 1.165) is 19.3 Å². The van der Waals surface area contributed by atoms with Gasteiger partial charge in [-0.2, -0.15) is 0 Å². The average Bonchev–Trinajstić information content (AvgIpc) is 2.42. The minimum atomic E-state index is -3.51. The maximum Gasteiger partial charge on any atom is 0.240 e. The second kappa shape index (κ2) is 8.36. The van der Waals surface area contributed by atoms with E-state index in [9.17, 15) is 13.5 Å². The molecule has 0 aliphatic heterocycles. The van der Waals surface area contributed by atoms with Crippen LogP contribution in [0.2, 0.25) is 0 Å². The third-order valence-electron chi connectivity index (χ3n) is 3.17. The number of methoxy groups -OCH3 is 1. The van der Waals surface area contributed by atoms with Crippen LogP contribution in [-0.2, 0) is 21.4 Å². The molecule has 0 aliphatic rings. The highest BCUT2D eigenvalue weighted by Gasteiger charge is 2.17. The van der Waals surface area contributed by atoms with E-state index >= 15 is 0 Å². The molecule has 1 aromatic rings. The summed E-state index contributed by atoms with van der Waals surface area (Å²) in [4.78, 5) is 0.237. The summed E-state index contributed by atoms with van der Waals surface area (Å²) in [5, 5.41) is 9.18. The van der Waals surface area contributed by atoms with Crippen molar-refractivity contribution in [1.29, 1.82) is 0 Å². The monoisotopic (exact) mass is 301 g/mol. The van der Waals surface area contributed by atoms with Crippen molar-refractivity contribution in [2.24, 2.45) is 0 Å². The second-order valence-electron chi connectivity index (χ2n) is 4.65. The Bertz CT molecular complexity index is 514. The summed E-state index contributed by atoms with van der Waals surface area (Å²) in [5.74, 6) is 0. The molecule has 1 rings (SSSR count). The van der Waals surface area contributed by atoms with Crippen molar-refractivity contribution in [3.63, 3.8) is 0 Å². The summed E-state index contributed by atoms with van der Waals surface area (Å²) in [6, 6.07) is 4.92. The standard InChI is InChI=1S/C14H23NO4S/c1-12-13(11-16)7-6-8-14(12)20(17,18)15-9-4-3-5-10-19-2/h6-8,15-16H,3-5,9-11H2,1-2H3. The lowest BCUT2D eigenvalue weighted by Crippen LogP contribution is -2.25. The smallest absolute Gasteiger partial charge is 0.240 e. The molecular weight excluding hydrogens is 278 g/mol. The van der Waals surface area contributed by atoms with E-state index in [1.165, 1.54) is 0 Å². The summed E-state index contributed by atoms with van der Waals surface area (Å²) < 4.78 is 31.9. The van der Waals surface area contributed by atoms with E-state index in [0.29, 0.717) is 24.3 Å². The highest BCUT2D eigenvalue weighted by Crippen LogP contribution is 2.18. The van der Waals surface area contributed by atoms with Crippen molar-refractivity contribution >= 4 is 10.0 Å². The lowest BCUT2D eigenvalue weighted by molar-refractivity contribution is 0.192. The molecule has 0 radical (unpaired) electrons. The van der Waals surface area contributed by atoms with Crippen LogP contribution in [0.5, 0.6) is 0 Å². The summed E-state index contributed by atoms with van der Waals surface area (Å²) >= 11 is 0. The van der Waals surface area contributed by atoms with E-state index in [2.05, 4.69) is 4.72 Å². The van der Waals surface area contributed by atoms with Gasteiger partial charge in [-0.05, 0) is 43.4 Å². The topological polar surface area (TPSA) is 75.6 Å². The molecule has 0 aromatic heterocycles. The quantitative estimate of drug-likeness (QED) is 0.679. The van der Waals surface area contributed by atoms with Crippen LogP contribution in [0.3, 0.4) is 0 Å². The first kappa shape index (κ1) is 17.1. The molecule has 1 aromatic carbocycles. The molecule has 0 spiro atoms. The molecule has 0 amide bonds. The van der Waals surface area contributed by atoms with E-state index in [-0.39, 0.29) is 11.5 Å². The average molecular weight is 301 g/mol. The molecule has 0 atom stereocenters. The Hall–Kier alpha value is -0.950. The first-order valence-electron chi connectivity index (χ1n) is 6.71. The van der Waals surface area contributed by atoms with Crippen LogP contribution in [0.25, 0.3) is 0 Å². The number of hydrogen-bond donors (Lipinski definition) is 2. The zero-order valence-electron chi connectivity index (χ0n) is 12.1. The maximum atomic E-state index is 12.2. The molecule has 0 fully saturated rings. The van der Waals surface area contributed by atoms with Gasteiger partial charge in [-0.15, -0.1) is 0 Å². The number of unbranched alkanes of at least 4 members (excludes halogenated alkanes) is 2. The molecular formula is C14H23NO4S. The highest BCUT2D eigenvalue weighted by molar-refractivity contribution is 7.89. The molecule has 0 saturated carbocycles. The van der Waals surface area contributed by atoms with Crippen molar-refractivity contribution in [3.8, 4) is 0 Å². The third-order valence-corrected chi connectivity index (χ3v) is 4.78. The molecule has 0 unspecified atom stereocenters. The predicted octanol–water partition coefficient (Wildman–Crippen LogP) is 1.58. The van der Waals surface area contributed by atoms with Gasteiger partial charge in [0.1, 0.15) is 0 Å². The van der Waals surface area contributed by atoms with Gasteiger partial charge >= 0.3 is 0 Å². The zero-order chi connectivity index (χ0) is 15.0. The lowest BCUT2D eigenvalue weighted by atomic mass is 10.1. The van der Waals surface area contributed by atoms with Crippen LogP contribution < -0.4 is 4.72 Å². The Kier molecular flexibility index (Phi) is 7.15. The first-order chi connectivity index (χ1) is 9.53. The van der Waals surface area contributed by atoms with Crippen molar-refractivity contribution in [3.05, 3.63) is 29.3 Å². The third kappa shape index (κ3) is 4.86. The van der Waals surface area contributed by atoms with Gasteiger partial charge in [0, 0.05) is 20.3 Å². The molecule has 0 aliphatic carbocycles. The number of benzene rings is 1. The lowest BCUT2D eigenvalue weighted by Gasteiger charge is -2.11. The number of rotatable bonds is 9. The molecule has 2 N–H and O–H groups in total. The van der Waals surface area contributed by atoms with Crippen LogP contribution >= 0.6 is 0 Å². The molecule has 114 valence electrons. The van der Waals surface area contributed by atoms with Gasteiger partial charge in [-0.25, -0.2) is 13.1 Å². The zero-order valence-corrected chi connectivity index (χ0v) is 12.9. The fourth-order valence-corrected chi connectivity index (χ4v) is 3.32. The Morgan fingerprint density at radius 2 is 2.00 bits per heavy atom. The Morgan fingerprint density at radius 1 is 1.25 bits per heavy atom. The summed E-state index contributed by atoms with van der Waals surface area (Å²) in [6.45, 7) is 2.66. The molecule has 5 nitrogen and oxygen atoms in total. The number of sulfonamides is 1. The predicted molar refractivity (Wildman–Crippen MR) is 78.0 cm³/mol. The van der Waals surface area contributed by atoms with Gasteiger partial charge in [0.2, 0.25) is 10.0 Å². The molecule has 0 heterocycles. The van der Waals surface area contributed by atoms with Gasteiger partial charge < -0.3 is 9.84 Å². The van der Waals surface area contributed by atoms with E-state index in [4.69, 9.17) is 4.74 Å². The van der Waals surface area contributed by atoms with Crippen molar-refractivity contribution in [2.75, 3.05) is 20.3 Å². The van der Waals surface area contributed by atoms with E-state index < -0.39 is 10.0 Å². The summed E-state index contributed by atoms with van der Waals surface area (Å²) in [6.07, 6.45) is 2.63. The molecule has 0 saturated heterocycles. The van der Waals surface area contributed by atoms with Crippen molar-refractivity contribution < 1.29 is 18.3 Å². The molecule has 6 heteroatoms. The van der Waals surface area contributed by atoms with Crippen LogP contribution in [0.1, 0.15) is 30.4 Å². The van der Waals surface area contributed by atoms with Gasteiger partial charge in [0.15, 0.2) is 0 Å². The minimum absolute atomic E-state index is 0.161.